The number of aliphatic carboxylic acids is 1. The molecule has 0 amide bonds. The molecule has 1 aliphatic rings. The number of aryl methyl sites for hydroxylation is 1. The van der Waals surface area contributed by atoms with E-state index in [9.17, 15) is 9.90 Å². The highest BCUT2D eigenvalue weighted by Crippen LogP contribution is 2.29. The summed E-state index contributed by atoms with van der Waals surface area (Å²) < 4.78 is 5.72. The van der Waals surface area contributed by atoms with Crippen molar-refractivity contribution in [2.24, 2.45) is 0 Å². The minimum absolute atomic E-state index is 0.0856. The Labute approximate surface area is 108 Å². The molecule has 3 heteroatoms. The van der Waals surface area contributed by atoms with Gasteiger partial charge in [0.1, 0.15) is 0 Å². The fourth-order valence-corrected chi connectivity index (χ4v) is 2.50. The van der Waals surface area contributed by atoms with Crippen molar-refractivity contribution in [3.05, 3.63) is 35.4 Å². The van der Waals surface area contributed by atoms with Gasteiger partial charge in [0.2, 0.25) is 0 Å². The lowest BCUT2D eigenvalue weighted by Gasteiger charge is -2.17. The van der Waals surface area contributed by atoms with E-state index in [0.29, 0.717) is 6.42 Å². The van der Waals surface area contributed by atoms with Gasteiger partial charge in [0.15, 0.2) is 0 Å². The highest BCUT2D eigenvalue weighted by Gasteiger charge is 2.29. The summed E-state index contributed by atoms with van der Waals surface area (Å²) >= 11 is 0. The van der Waals surface area contributed by atoms with Gasteiger partial charge >= 0.3 is 5.97 Å². The molecular formula is C15H20O3. The third-order valence-electron chi connectivity index (χ3n) is 3.60. The van der Waals surface area contributed by atoms with Crippen LogP contribution < -0.4 is 0 Å². The molecule has 0 radical (unpaired) electrons. The molecular weight excluding hydrogens is 228 g/mol. The average molecular weight is 248 g/mol. The Morgan fingerprint density at radius 2 is 2.06 bits per heavy atom. The average Bonchev–Trinajstić information content (AvgIpc) is 2.73. The lowest BCUT2D eigenvalue weighted by molar-refractivity contribution is -0.139. The first-order chi connectivity index (χ1) is 8.56. The third kappa shape index (κ3) is 3.10. The second kappa shape index (κ2) is 5.53. The first-order valence-electron chi connectivity index (χ1n) is 6.51. The predicted molar refractivity (Wildman–Crippen MR) is 69.7 cm³/mol. The van der Waals surface area contributed by atoms with E-state index < -0.39 is 11.9 Å². The van der Waals surface area contributed by atoms with Gasteiger partial charge in [0.05, 0.1) is 18.1 Å². The Morgan fingerprint density at radius 3 is 2.56 bits per heavy atom. The summed E-state index contributed by atoms with van der Waals surface area (Å²) in [7, 11) is 0. The Hall–Kier alpha value is -1.35. The van der Waals surface area contributed by atoms with Gasteiger partial charge in [0, 0.05) is 0 Å². The van der Waals surface area contributed by atoms with Crippen LogP contribution in [0.15, 0.2) is 24.3 Å². The van der Waals surface area contributed by atoms with Crippen LogP contribution in [0.4, 0.5) is 0 Å². The summed E-state index contributed by atoms with van der Waals surface area (Å²) in [4.78, 5) is 11.4. The van der Waals surface area contributed by atoms with Crippen molar-refractivity contribution in [2.45, 2.75) is 51.2 Å². The normalized spacial score (nSPS) is 25.0. The smallest absolute Gasteiger partial charge is 0.311 e. The number of benzene rings is 1. The number of ether oxygens (including phenoxy) is 1. The lowest BCUT2D eigenvalue weighted by Crippen LogP contribution is -2.19. The van der Waals surface area contributed by atoms with Crippen molar-refractivity contribution in [1.29, 1.82) is 0 Å². The van der Waals surface area contributed by atoms with Gasteiger partial charge in [-0.2, -0.15) is 0 Å². The van der Waals surface area contributed by atoms with Crippen LogP contribution in [0.2, 0.25) is 0 Å². The van der Waals surface area contributed by atoms with Crippen LogP contribution in [0, 0.1) is 6.92 Å². The number of carboxylic acid groups (broad SMARTS) is 1. The Bertz CT molecular complexity index is 410. The Kier molecular flexibility index (Phi) is 4.02. The molecule has 0 aromatic heterocycles. The number of carbonyl (C=O) groups is 1. The van der Waals surface area contributed by atoms with Gasteiger partial charge in [-0.3, -0.25) is 4.79 Å². The van der Waals surface area contributed by atoms with E-state index in [-0.39, 0.29) is 12.2 Å². The SMILES string of the molecule is Cc1ccc(C(CC2CCC(C)O2)C(=O)O)cc1. The van der Waals surface area contributed by atoms with Gasteiger partial charge in [-0.05, 0) is 38.7 Å². The molecule has 1 aliphatic heterocycles. The van der Waals surface area contributed by atoms with E-state index in [4.69, 9.17) is 4.74 Å². The zero-order valence-electron chi connectivity index (χ0n) is 10.9. The first-order valence-corrected chi connectivity index (χ1v) is 6.51. The van der Waals surface area contributed by atoms with E-state index in [2.05, 4.69) is 0 Å². The molecule has 0 bridgehead atoms. The lowest BCUT2D eigenvalue weighted by atomic mass is 9.92. The minimum atomic E-state index is -0.762. The molecule has 1 N–H and O–H groups in total. The molecule has 1 heterocycles. The number of hydrogen-bond acceptors (Lipinski definition) is 2. The third-order valence-corrected chi connectivity index (χ3v) is 3.60. The summed E-state index contributed by atoms with van der Waals surface area (Å²) in [5.41, 5.74) is 2.02. The minimum Gasteiger partial charge on any atom is -0.481 e. The summed E-state index contributed by atoms with van der Waals surface area (Å²) in [5.74, 6) is -1.22. The zero-order valence-corrected chi connectivity index (χ0v) is 10.9. The molecule has 1 saturated heterocycles. The highest BCUT2D eigenvalue weighted by molar-refractivity contribution is 5.76. The second-order valence-corrected chi connectivity index (χ2v) is 5.18. The van der Waals surface area contributed by atoms with Crippen molar-refractivity contribution in [3.8, 4) is 0 Å². The fourth-order valence-electron chi connectivity index (χ4n) is 2.50. The molecule has 0 aliphatic carbocycles. The van der Waals surface area contributed by atoms with Gasteiger partial charge < -0.3 is 9.84 Å². The van der Waals surface area contributed by atoms with Crippen LogP contribution in [-0.2, 0) is 9.53 Å². The molecule has 0 saturated carbocycles. The van der Waals surface area contributed by atoms with Gasteiger partial charge in [-0.25, -0.2) is 0 Å². The first kappa shape index (κ1) is 13.1. The van der Waals surface area contributed by atoms with Crippen LogP contribution in [0.5, 0.6) is 0 Å². The molecule has 0 spiro atoms. The summed E-state index contributed by atoms with van der Waals surface area (Å²) in [5, 5.41) is 9.37. The van der Waals surface area contributed by atoms with E-state index in [0.717, 1.165) is 24.0 Å². The number of carboxylic acids is 1. The maximum atomic E-state index is 11.4. The van der Waals surface area contributed by atoms with Crippen LogP contribution in [0.25, 0.3) is 0 Å². The summed E-state index contributed by atoms with van der Waals surface area (Å²) in [6.07, 6.45) is 2.93. The van der Waals surface area contributed by atoms with Crippen LogP contribution in [-0.4, -0.2) is 23.3 Å². The van der Waals surface area contributed by atoms with Crippen molar-refractivity contribution in [3.63, 3.8) is 0 Å². The van der Waals surface area contributed by atoms with E-state index in [1.54, 1.807) is 0 Å². The molecule has 3 unspecified atom stereocenters. The summed E-state index contributed by atoms with van der Waals surface area (Å²) in [6, 6.07) is 7.74. The summed E-state index contributed by atoms with van der Waals surface area (Å²) in [6.45, 7) is 4.04. The molecule has 1 aromatic carbocycles. The van der Waals surface area contributed by atoms with Crippen molar-refractivity contribution in [2.75, 3.05) is 0 Å². The Balaban J connectivity index is 2.08. The monoisotopic (exact) mass is 248 g/mol. The molecule has 1 aromatic rings. The molecule has 18 heavy (non-hydrogen) atoms. The van der Waals surface area contributed by atoms with Crippen molar-refractivity contribution < 1.29 is 14.6 Å². The second-order valence-electron chi connectivity index (χ2n) is 5.18. The largest absolute Gasteiger partial charge is 0.481 e. The van der Waals surface area contributed by atoms with Crippen LogP contribution in [0.1, 0.15) is 43.2 Å². The van der Waals surface area contributed by atoms with Gasteiger partial charge in [-0.15, -0.1) is 0 Å². The molecule has 98 valence electrons. The highest BCUT2D eigenvalue weighted by atomic mass is 16.5. The van der Waals surface area contributed by atoms with Crippen molar-refractivity contribution in [1.82, 2.24) is 0 Å². The van der Waals surface area contributed by atoms with E-state index >= 15 is 0 Å². The van der Waals surface area contributed by atoms with Crippen LogP contribution in [0.3, 0.4) is 0 Å². The van der Waals surface area contributed by atoms with Gasteiger partial charge in [-0.1, -0.05) is 29.8 Å². The number of rotatable bonds is 4. The molecule has 3 nitrogen and oxygen atoms in total. The maximum absolute atomic E-state index is 11.4. The van der Waals surface area contributed by atoms with E-state index in [1.165, 1.54) is 0 Å². The number of hydrogen-bond donors (Lipinski definition) is 1. The molecule has 1 fully saturated rings. The molecule has 3 atom stereocenters. The van der Waals surface area contributed by atoms with Crippen LogP contribution >= 0.6 is 0 Å². The quantitative estimate of drug-likeness (QED) is 0.890. The fraction of sp³-hybridized carbons (Fsp3) is 0.533. The zero-order chi connectivity index (χ0) is 13.1. The standard InChI is InChI=1S/C15H20O3/c1-10-3-6-12(7-4-10)14(15(16)17)9-13-8-5-11(2)18-13/h3-4,6-7,11,13-14H,5,8-9H2,1-2H3,(H,16,17). The van der Waals surface area contributed by atoms with Crippen molar-refractivity contribution >= 4 is 5.97 Å². The topological polar surface area (TPSA) is 46.5 Å². The molecule has 2 rings (SSSR count). The maximum Gasteiger partial charge on any atom is 0.311 e. The van der Waals surface area contributed by atoms with Gasteiger partial charge in [0.25, 0.3) is 0 Å². The van der Waals surface area contributed by atoms with E-state index in [1.807, 2.05) is 38.1 Å². The Morgan fingerprint density at radius 1 is 1.39 bits per heavy atom. The predicted octanol–water partition coefficient (Wildman–Crippen LogP) is 3.12.